The number of nitrogens with zero attached hydrogens (tertiary/aromatic N) is 2. The predicted octanol–water partition coefficient (Wildman–Crippen LogP) is -1.42. The van der Waals surface area contributed by atoms with Gasteiger partial charge in [0.1, 0.15) is 42.0 Å². The van der Waals surface area contributed by atoms with Crippen LogP contribution in [0.3, 0.4) is 0 Å². The maximum absolute atomic E-state index is 14.1. The molecule has 21 nitrogen and oxygen atoms in total. The number of aliphatic hydroxyl groups excluding tert-OH is 1. The molecule has 0 saturated heterocycles. The monoisotopic (exact) mass is 905 g/mol. The fraction of sp³-hybridized carbons (Fsp3) is 0.405. The van der Waals surface area contributed by atoms with Gasteiger partial charge in [0.05, 0.1) is 24.8 Å². The number of nitrogens with two attached hydrogens (primary N) is 1. The number of nitrogens with one attached hydrogen (secondary N) is 8. The van der Waals surface area contributed by atoms with Crippen LogP contribution < -0.4 is 37.6 Å². The summed E-state index contributed by atoms with van der Waals surface area (Å²) in [6.07, 6.45) is 5.96. The lowest BCUT2D eigenvalue weighted by Crippen LogP contribution is -2.61. The van der Waals surface area contributed by atoms with Crippen LogP contribution in [-0.2, 0) is 59.2 Å². The van der Waals surface area contributed by atoms with Crippen LogP contribution in [0.1, 0.15) is 42.8 Å². The molecule has 0 aliphatic carbocycles. The van der Waals surface area contributed by atoms with E-state index in [0.717, 1.165) is 0 Å². The molecule has 0 aliphatic heterocycles. The second kappa shape index (κ2) is 24.8. The maximum Gasteiger partial charge on any atom is 0.326 e. The predicted molar refractivity (Wildman–Crippen MR) is 234 cm³/mol. The number of carboxylic acid groups (broad SMARTS) is 1. The van der Waals surface area contributed by atoms with Gasteiger partial charge in [-0.1, -0.05) is 42.5 Å². The number of amides is 6. The first-order valence-electron chi connectivity index (χ1n) is 20.3. The average molecular weight is 906 g/mol. The molecule has 0 saturated carbocycles. The first-order chi connectivity index (χ1) is 30.5. The van der Waals surface area contributed by atoms with Crippen molar-refractivity contribution in [2.24, 2.45) is 5.73 Å². The van der Waals surface area contributed by atoms with E-state index < -0.39 is 89.8 Å². The van der Waals surface area contributed by atoms with E-state index in [4.69, 9.17) is 5.73 Å². The summed E-state index contributed by atoms with van der Waals surface area (Å²) >= 11 is 1.43. The van der Waals surface area contributed by atoms with Gasteiger partial charge >= 0.3 is 5.97 Å². The van der Waals surface area contributed by atoms with Gasteiger partial charge in [0.15, 0.2) is 0 Å². The molecule has 344 valence electrons. The van der Waals surface area contributed by atoms with Gasteiger partial charge in [-0.3, -0.25) is 28.8 Å². The highest BCUT2D eigenvalue weighted by atomic mass is 32.2. The highest BCUT2D eigenvalue weighted by Crippen LogP contribution is 2.13. The molecule has 2 aromatic heterocycles. The molecule has 6 amide bonds. The number of imidazole rings is 2. The minimum atomic E-state index is -1.65. The lowest BCUT2D eigenvalue weighted by molar-refractivity contribution is -0.142. The van der Waals surface area contributed by atoms with E-state index in [0.29, 0.717) is 28.3 Å². The SMILES string of the molecule is CSCC[C@H](NC(=O)[C@@H](N)Cc1cnc[nH]1)C(=O)N[C@@H](C)C(=O)N[C@H](C(=O)N[C@@H](Cc1ccccc1)C(=O)N[C@@H](Cc1cnc[nH]1)C(=O)N[C@@H](Cc1ccc(O)cc1)C(=O)O)[C@@H](C)O. The molecule has 4 aromatic rings. The average Bonchev–Trinajstić information content (AvgIpc) is 3.99. The molecule has 13 N–H and O–H groups in total. The van der Waals surface area contributed by atoms with Crippen LogP contribution in [0.4, 0.5) is 0 Å². The molecule has 22 heteroatoms. The largest absolute Gasteiger partial charge is 0.508 e. The molecule has 0 unspecified atom stereocenters. The number of aliphatic carboxylic acids is 1. The molecular weight excluding hydrogens is 851 g/mol. The number of hydrogen-bond acceptors (Lipinski definition) is 13. The zero-order valence-corrected chi connectivity index (χ0v) is 36.3. The van der Waals surface area contributed by atoms with Crippen molar-refractivity contribution < 1.29 is 48.9 Å². The normalized spacial score (nSPS) is 14.8. The van der Waals surface area contributed by atoms with E-state index in [2.05, 4.69) is 51.8 Å². The minimum absolute atomic E-state index is 0.0294. The maximum atomic E-state index is 14.1. The highest BCUT2D eigenvalue weighted by Gasteiger charge is 2.35. The number of aromatic amines is 2. The topological polar surface area (TPSA) is 336 Å². The summed E-state index contributed by atoms with van der Waals surface area (Å²) < 4.78 is 0. The Balaban J connectivity index is 1.48. The number of carbonyl (C=O) groups is 7. The van der Waals surface area contributed by atoms with Crippen LogP contribution in [-0.4, -0.2) is 137 Å². The summed E-state index contributed by atoms with van der Waals surface area (Å²) in [5, 5.41) is 45.6. The number of carboxylic acids is 1. The van der Waals surface area contributed by atoms with Gasteiger partial charge in [0.2, 0.25) is 35.4 Å². The number of thioether (sulfide) groups is 1. The Bertz CT molecular complexity index is 2140. The zero-order chi connectivity index (χ0) is 46.8. The van der Waals surface area contributed by atoms with Gasteiger partial charge in [-0.2, -0.15) is 11.8 Å². The van der Waals surface area contributed by atoms with Gasteiger partial charge in [-0.15, -0.1) is 0 Å². The molecular formula is C42H55N11O10S. The number of hydrogen-bond donors (Lipinski definition) is 12. The van der Waals surface area contributed by atoms with Crippen molar-refractivity contribution in [3.8, 4) is 5.75 Å². The van der Waals surface area contributed by atoms with Crippen molar-refractivity contribution in [3.63, 3.8) is 0 Å². The fourth-order valence-electron chi connectivity index (χ4n) is 6.33. The van der Waals surface area contributed by atoms with Gasteiger partial charge in [0.25, 0.3) is 0 Å². The summed E-state index contributed by atoms with van der Waals surface area (Å²) in [6.45, 7) is 2.58. The minimum Gasteiger partial charge on any atom is -0.508 e. The number of aliphatic hydroxyl groups is 1. The number of rotatable bonds is 25. The van der Waals surface area contributed by atoms with Crippen LogP contribution in [0.15, 0.2) is 79.6 Å². The smallest absolute Gasteiger partial charge is 0.326 e. The molecule has 8 atom stereocenters. The van der Waals surface area contributed by atoms with Crippen LogP contribution in [0, 0.1) is 0 Å². The number of aromatic nitrogens is 4. The highest BCUT2D eigenvalue weighted by molar-refractivity contribution is 7.98. The van der Waals surface area contributed by atoms with Gasteiger partial charge < -0.3 is 62.9 Å². The third-order valence-electron chi connectivity index (χ3n) is 9.91. The summed E-state index contributed by atoms with van der Waals surface area (Å²) in [7, 11) is 0. The summed E-state index contributed by atoms with van der Waals surface area (Å²) in [5.74, 6) is -5.78. The van der Waals surface area contributed by atoms with Crippen molar-refractivity contribution >= 4 is 53.2 Å². The quantitative estimate of drug-likeness (QED) is 0.0364. The van der Waals surface area contributed by atoms with Crippen LogP contribution in [0.25, 0.3) is 0 Å². The number of benzene rings is 2. The number of aromatic hydroxyl groups is 1. The van der Waals surface area contributed by atoms with Gasteiger partial charge in [-0.05, 0) is 55.5 Å². The number of H-pyrrole nitrogens is 2. The Morgan fingerprint density at radius 3 is 1.72 bits per heavy atom. The Morgan fingerprint density at radius 1 is 0.641 bits per heavy atom. The standard InChI is InChI=1S/C42H55N11O10S/c1-23(48-38(58)31(13-14-64-3)49-37(57)30(43)17-27-19-44-21-46-27)36(56)53-35(24(2)54)41(61)51-32(15-25-7-5-4-6-8-25)39(59)50-33(18-28-20-45-22-47-28)40(60)52-34(42(62)63)16-26-9-11-29(55)12-10-26/h4-12,19-24,30-35,54-55H,13-18,43H2,1-3H3,(H,44,46)(H,45,47)(H,48,58)(H,49,57)(H,50,59)(H,51,61)(H,52,60)(H,53,56)(H,62,63)/t23-,24+,30-,31-,32-,33-,34-,35-/m0/s1. The second-order valence-corrected chi connectivity index (χ2v) is 16.0. The van der Waals surface area contributed by atoms with Crippen LogP contribution >= 0.6 is 11.8 Å². The molecule has 64 heavy (non-hydrogen) atoms. The Hall–Kier alpha value is -6.78. The first kappa shape index (κ1) is 49.9. The third kappa shape index (κ3) is 15.8. The van der Waals surface area contributed by atoms with E-state index in [1.54, 1.807) is 30.3 Å². The van der Waals surface area contributed by atoms with Crippen molar-refractivity contribution in [2.75, 3.05) is 12.0 Å². The van der Waals surface area contributed by atoms with Crippen molar-refractivity contribution in [3.05, 3.63) is 102 Å². The van der Waals surface area contributed by atoms with E-state index in [-0.39, 0.29) is 37.9 Å². The van der Waals surface area contributed by atoms with Gasteiger partial charge in [0, 0.05) is 49.5 Å². The summed E-state index contributed by atoms with van der Waals surface area (Å²) in [5.41, 5.74) is 8.20. The van der Waals surface area contributed by atoms with Crippen molar-refractivity contribution in [1.29, 1.82) is 0 Å². The zero-order valence-electron chi connectivity index (χ0n) is 35.4. The van der Waals surface area contributed by atoms with Crippen molar-refractivity contribution in [2.45, 2.75) is 94.3 Å². The van der Waals surface area contributed by atoms with E-state index in [1.165, 1.54) is 74.9 Å². The Kier molecular flexibility index (Phi) is 19.3. The Labute approximate surface area is 372 Å². The van der Waals surface area contributed by atoms with Gasteiger partial charge in [-0.25, -0.2) is 14.8 Å². The molecule has 0 fully saturated rings. The molecule has 2 heterocycles. The van der Waals surface area contributed by atoms with E-state index >= 15 is 0 Å². The van der Waals surface area contributed by atoms with Crippen LogP contribution in [0.2, 0.25) is 0 Å². The lowest BCUT2D eigenvalue weighted by Gasteiger charge is -2.28. The summed E-state index contributed by atoms with van der Waals surface area (Å²) in [6, 6.07) is 5.10. The molecule has 0 spiro atoms. The molecule has 0 bridgehead atoms. The molecule has 0 radical (unpaired) electrons. The third-order valence-corrected chi connectivity index (χ3v) is 10.6. The summed E-state index contributed by atoms with van der Waals surface area (Å²) in [4.78, 5) is 107. The van der Waals surface area contributed by atoms with Crippen LogP contribution in [0.5, 0.6) is 5.75 Å². The van der Waals surface area contributed by atoms with Crippen molar-refractivity contribution in [1.82, 2.24) is 51.8 Å². The first-order valence-corrected chi connectivity index (χ1v) is 21.7. The number of phenols is 1. The fourth-order valence-corrected chi connectivity index (χ4v) is 6.80. The van der Waals surface area contributed by atoms with E-state index in [9.17, 15) is 48.9 Å². The lowest BCUT2D eigenvalue weighted by atomic mass is 10.0. The number of carbonyl (C=O) groups excluding carboxylic acids is 6. The van der Waals surface area contributed by atoms with E-state index in [1.807, 2.05) is 6.26 Å². The Morgan fingerprint density at radius 2 is 1.16 bits per heavy atom. The molecule has 0 aliphatic rings. The molecule has 4 rings (SSSR count). The molecule has 2 aromatic carbocycles. The second-order valence-electron chi connectivity index (χ2n) is 15.1. The number of phenolic OH excluding ortho intramolecular Hbond substituents is 1.